The molecule has 0 atom stereocenters. The predicted octanol–water partition coefficient (Wildman–Crippen LogP) is 2.41. The number of benzene rings is 1. The molecule has 0 radical (unpaired) electrons. The van der Waals surface area contributed by atoms with Crippen molar-refractivity contribution in [2.75, 3.05) is 29.9 Å². The van der Waals surface area contributed by atoms with E-state index in [1.54, 1.807) is 6.33 Å². The van der Waals surface area contributed by atoms with Crippen molar-refractivity contribution < 1.29 is 0 Å². The van der Waals surface area contributed by atoms with Gasteiger partial charge in [-0.1, -0.05) is 0 Å². The van der Waals surface area contributed by atoms with Crippen LogP contribution >= 0.6 is 11.5 Å². The van der Waals surface area contributed by atoms with Crippen molar-refractivity contribution in [1.29, 1.82) is 0 Å². The molecule has 1 fully saturated rings. The van der Waals surface area contributed by atoms with Crippen LogP contribution in [0, 0.1) is 0 Å². The molecule has 1 aliphatic heterocycles. The molecule has 0 amide bonds. The normalized spacial score (nSPS) is 17.2. The molecule has 1 aromatic carbocycles. The van der Waals surface area contributed by atoms with Gasteiger partial charge in [-0.05, 0) is 43.6 Å². The topological polar surface area (TPSA) is 78.9 Å². The number of nitrogens with zero attached hydrogens (tertiary/aromatic N) is 5. The number of aromatic nitrogens is 4. The molecule has 4 rings (SSSR count). The Morgan fingerprint density at radius 1 is 1.29 bits per heavy atom. The average molecular weight is 341 g/mol. The van der Waals surface area contributed by atoms with E-state index in [0.717, 1.165) is 35.4 Å². The lowest BCUT2D eigenvalue weighted by atomic mass is 10.0. The number of hydrogen-bond donors (Lipinski definition) is 2. The number of hydrogen-bond acceptors (Lipinski definition) is 8. The SMILES string of the molecule is CC1(C)CN(c2ncnc(Nc3ccc4cnsc4c3)n2)CCN1. The highest BCUT2D eigenvalue weighted by Crippen LogP contribution is 2.24. The Kier molecular flexibility index (Phi) is 3.78. The van der Waals surface area contributed by atoms with Gasteiger partial charge >= 0.3 is 0 Å². The Labute approximate surface area is 144 Å². The smallest absolute Gasteiger partial charge is 0.231 e. The Morgan fingerprint density at radius 3 is 3.08 bits per heavy atom. The monoisotopic (exact) mass is 341 g/mol. The van der Waals surface area contributed by atoms with Crippen molar-refractivity contribution in [3.05, 3.63) is 30.7 Å². The van der Waals surface area contributed by atoms with Crippen LogP contribution in [0.5, 0.6) is 0 Å². The van der Waals surface area contributed by atoms with Crippen LogP contribution in [-0.2, 0) is 0 Å². The standard InChI is InChI=1S/C16H19N7S/c1-16(2)9-23(6-5-19-16)15-18-10-17-14(22-15)21-12-4-3-11-8-20-24-13(11)7-12/h3-4,7-8,10,19H,5-6,9H2,1-2H3,(H,17,18,21,22). The second kappa shape index (κ2) is 5.95. The average Bonchev–Trinajstić information content (AvgIpc) is 3.02. The summed E-state index contributed by atoms with van der Waals surface area (Å²) in [5.41, 5.74) is 1.000. The van der Waals surface area contributed by atoms with Crippen LogP contribution in [-0.4, -0.2) is 44.5 Å². The van der Waals surface area contributed by atoms with E-state index >= 15 is 0 Å². The summed E-state index contributed by atoms with van der Waals surface area (Å²) in [6.07, 6.45) is 3.43. The van der Waals surface area contributed by atoms with Crippen LogP contribution in [0.2, 0.25) is 0 Å². The number of piperazine rings is 1. The summed E-state index contributed by atoms with van der Waals surface area (Å²) in [4.78, 5) is 15.4. The quantitative estimate of drug-likeness (QED) is 0.757. The van der Waals surface area contributed by atoms with E-state index < -0.39 is 0 Å². The van der Waals surface area contributed by atoms with Crippen LogP contribution < -0.4 is 15.5 Å². The molecule has 0 spiro atoms. The molecule has 3 aromatic rings. The first kappa shape index (κ1) is 15.2. The van der Waals surface area contributed by atoms with Gasteiger partial charge in [-0.15, -0.1) is 0 Å². The van der Waals surface area contributed by atoms with Gasteiger partial charge < -0.3 is 15.5 Å². The molecule has 0 aliphatic carbocycles. The van der Waals surface area contributed by atoms with E-state index in [0.29, 0.717) is 11.9 Å². The Balaban J connectivity index is 1.55. The van der Waals surface area contributed by atoms with Crippen molar-refractivity contribution in [1.82, 2.24) is 24.6 Å². The van der Waals surface area contributed by atoms with Crippen molar-refractivity contribution in [2.24, 2.45) is 0 Å². The molecule has 7 nitrogen and oxygen atoms in total. The van der Waals surface area contributed by atoms with E-state index in [-0.39, 0.29) is 5.54 Å². The van der Waals surface area contributed by atoms with Crippen LogP contribution in [0.25, 0.3) is 10.1 Å². The van der Waals surface area contributed by atoms with Gasteiger partial charge in [0.25, 0.3) is 0 Å². The van der Waals surface area contributed by atoms with Gasteiger partial charge in [0, 0.05) is 42.4 Å². The van der Waals surface area contributed by atoms with E-state index in [1.807, 2.05) is 18.3 Å². The molecule has 2 aromatic heterocycles. The second-order valence-corrected chi connectivity index (χ2v) is 7.38. The number of anilines is 3. The third-order valence-electron chi connectivity index (χ3n) is 4.03. The first-order valence-electron chi connectivity index (χ1n) is 7.90. The van der Waals surface area contributed by atoms with Gasteiger partial charge in [-0.2, -0.15) is 9.36 Å². The lowest BCUT2D eigenvalue weighted by Crippen LogP contribution is -2.57. The summed E-state index contributed by atoms with van der Waals surface area (Å²) < 4.78 is 5.34. The molecule has 24 heavy (non-hydrogen) atoms. The van der Waals surface area contributed by atoms with Crippen molar-refractivity contribution in [3.8, 4) is 0 Å². The zero-order chi connectivity index (χ0) is 16.6. The first-order chi connectivity index (χ1) is 11.6. The summed E-state index contributed by atoms with van der Waals surface area (Å²) in [5, 5.41) is 7.90. The van der Waals surface area contributed by atoms with Crippen molar-refractivity contribution in [2.45, 2.75) is 19.4 Å². The fourth-order valence-electron chi connectivity index (χ4n) is 2.88. The van der Waals surface area contributed by atoms with Crippen LogP contribution in [0.15, 0.2) is 30.7 Å². The molecule has 2 N–H and O–H groups in total. The molecular weight excluding hydrogens is 322 g/mol. The third kappa shape index (κ3) is 3.15. The summed E-state index contributed by atoms with van der Waals surface area (Å²) in [6, 6.07) is 6.11. The summed E-state index contributed by atoms with van der Waals surface area (Å²) in [7, 11) is 0. The van der Waals surface area contributed by atoms with Crippen LogP contribution in [0.4, 0.5) is 17.6 Å². The van der Waals surface area contributed by atoms with Gasteiger partial charge in [0.05, 0.1) is 4.70 Å². The minimum Gasteiger partial charge on any atom is -0.338 e. The number of nitrogens with one attached hydrogen (secondary N) is 2. The highest BCUT2D eigenvalue weighted by atomic mass is 32.1. The molecule has 0 bridgehead atoms. The molecule has 8 heteroatoms. The third-order valence-corrected chi connectivity index (χ3v) is 4.79. The van der Waals surface area contributed by atoms with Gasteiger partial charge in [-0.3, -0.25) is 0 Å². The fraction of sp³-hybridized carbons (Fsp3) is 0.375. The highest BCUT2D eigenvalue weighted by molar-refractivity contribution is 7.13. The molecule has 1 saturated heterocycles. The van der Waals surface area contributed by atoms with Crippen LogP contribution in [0.1, 0.15) is 13.8 Å². The van der Waals surface area contributed by atoms with Gasteiger partial charge in [-0.25, -0.2) is 9.97 Å². The maximum Gasteiger partial charge on any atom is 0.231 e. The Hall–Kier alpha value is -2.32. The molecule has 3 heterocycles. The first-order valence-corrected chi connectivity index (χ1v) is 8.67. The summed E-state index contributed by atoms with van der Waals surface area (Å²) >= 11 is 1.48. The molecule has 0 saturated carbocycles. The lowest BCUT2D eigenvalue weighted by molar-refractivity contribution is 0.350. The Bertz CT molecular complexity index is 860. The number of rotatable bonds is 3. The number of fused-ring (bicyclic) bond motifs is 1. The molecular formula is C16H19N7S. The maximum atomic E-state index is 4.58. The van der Waals surface area contributed by atoms with Crippen LogP contribution in [0.3, 0.4) is 0 Å². The summed E-state index contributed by atoms with van der Waals surface area (Å²) in [5.74, 6) is 1.26. The van der Waals surface area contributed by atoms with E-state index in [9.17, 15) is 0 Å². The molecule has 124 valence electrons. The zero-order valence-electron chi connectivity index (χ0n) is 13.7. The lowest BCUT2D eigenvalue weighted by Gasteiger charge is -2.39. The maximum absolute atomic E-state index is 4.58. The predicted molar refractivity (Wildman–Crippen MR) is 97.0 cm³/mol. The zero-order valence-corrected chi connectivity index (χ0v) is 14.5. The van der Waals surface area contributed by atoms with Gasteiger partial charge in [0.2, 0.25) is 11.9 Å². The Morgan fingerprint density at radius 2 is 2.21 bits per heavy atom. The fourth-order valence-corrected chi connectivity index (χ4v) is 3.56. The van der Waals surface area contributed by atoms with Crippen molar-refractivity contribution >= 4 is 39.2 Å². The van der Waals surface area contributed by atoms with E-state index in [4.69, 9.17) is 0 Å². The second-order valence-electron chi connectivity index (χ2n) is 6.54. The van der Waals surface area contributed by atoms with Crippen molar-refractivity contribution in [3.63, 3.8) is 0 Å². The van der Waals surface area contributed by atoms with E-state index in [2.05, 4.69) is 54.8 Å². The summed E-state index contributed by atoms with van der Waals surface area (Å²) in [6.45, 7) is 7.04. The van der Waals surface area contributed by atoms with Gasteiger partial charge in [0.1, 0.15) is 6.33 Å². The molecule has 0 unspecified atom stereocenters. The highest BCUT2D eigenvalue weighted by Gasteiger charge is 2.27. The minimum absolute atomic E-state index is 0.0513. The van der Waals surface area contributed by atoms with E-state index in [1.165, 1.54) is 11.5 Å². The van der Waals surface area contributed by atoms with Gasteiger partial charge in [0.15, 0.2) is 0 Å². The minimum atomic E-state index is 0.0513. The largest absolute Gasteiger partial charge is 0.338 e. The molecule has 1 aliphatic rings.